The molecule has 6 rings (SSSR count). The number of pyridine rings is 1. The molecule has 12 nitrogen and oxygen atoms in total. The molecule has 2 aromatic heterocycles. The molecule has 43 heavy (non-hydrogen) atoms. The molecule has 0 radical (unpaired) electrons. The van der Waals surface area contributed by atoms with Gasteiger partial charge in [0.15, 0.2) is 5.65 Å². The van der Waals surface area contributed by atoms with Gasteiger partial charge in [0.05, 0.1) is 31.6 Å². The summed E-state index contributed by atoms with van der Waals surface area (Å²) in [6.07, 6.45) is 12.1. The van der Waals surface area contributed by atoms with E-state index in [0.717, 1.165) is 63.5 Å². The van der Waals surface area contributed by atoms with Crippen LogP contribution in [0.2, 0.25) is 0 Å². The molecule has 3 heterocycles. The number of morpholine rings is 1. The molecule has 0 bridgehead atoms. The second-order valence-electron chi connectivity index (χ2n) is 10.9. The van der Waals surface area contributed by atoms with E-state index < -0.39 is 11.3 Å². The third-order valence-corrected chi connectivity index (χ3v) is 8.06. The van der Waals surface area contributed by atoms with Gasteiger partial charge in [-0.3, -0.25) is 24.1 Å². The second kappa shape index (κ2) is 12.9. The van der Waals surface area contributed by atoms with Crippen LogP contribution < -0.4 is 21.5 Å². The number of nitrogens with zero attached hydrogens (tertiary/aromatic N) is 4. The Labute approximate surface area is 248 Å². The smallest absolute Gasteiger partial charge is 0.280 e. The fourth-order valence-corrected chi connectivity index (χ4v) is 5.77. The van der Waals surface area contributed by atoms with Crippen molar-refractivity contribution >= 4 is 28.8 Å². The number of aryl methyl sites for hydroxylation is 2. The van der Waals surface area contributed by atoms with Crippen LogP contribution in [0.1, 0.15) is 34.3 Å². The highest BCUT2D eigenvalue weighted by Crippen LogP contribution is 2.26. The molecule has 1 aliphatic heterocycles. The number of ether oxygens (including phenoxy) is 1. The van der Waals surface area contributed by atoms with Crippen LogP contribution in [-0.4, -0.2) is 77.8 Å². The standard InChI is InChI=1S/C31H35N7O5/c1-42-36-30(41)26-19-38(24-9-8-20-4-2-5-21(20)17-24)28-25(27(26)39)18-33-31(35-28)34-23-7-3-6-22(16-23)29(40)32-10-11-37-12-14-43-15-13-37/h3,6-9,17-19,22H,2,4-5,10-16H2,1H3,(H,32,40)(H,36,41)(H,33,34,35). The Balaban J connectivity index is 1.23. The monoisotopic (exact) mass is 585 g/mol. The summed E-state index contributed by atoms with van der Waals surface area (Å²) in [5, 5.41) is 6.48. The van der Waals surface area contributed by atoms with Crippen LogP contribution in [0, 0.1) is 5.92 Å². The van der Waals surface area contributed by atoms with Crippen molar-refractivity contribution in [1.82, 2.24) is 30.2 Å². The van der Waals surface area contributed by atoms with Crippen molar-refractivity contribution in [3.8, 4) is 5.69 Å². The second-order valence-corrected chi connectivity index (χ2v) is 10.9. The van der Waals surface area contributed by atoms with Crippen LogP contribution in [0.15, 0.2) is 59.3 Å². The van der Waals surface area contributed by atoms with E-state index in [1.165, 1.54) is 30.6 Å². The van der Waals surface area contributed by atoms with Gasteiger partial charge < -0.3 is 19.9 Å². The summed E-state index contributed by atoms with van der Waals surface area (Å²) in [4.78, 5) is 55.1. The van der Waals surface area contributed by atoms with Crippen LogP contribution >= 0.6 is 0 Å². The number of hydrogen-bond acceptors (Lipinski definition) is 9. The van der Waals surface area contributed by atoms with Gasteiger partial charge in [-0.2, -0.15) is 4.98 Å². The van der Waals surface area contributed by atoms with E-state index in [2.05, 4.69) is 38.1 Å². The van der Waals surface area contributed by atoms with Gasteiger partial charge in [-0.25, -0.2) is 10.5 Å². The number of rotatable bonds is 9. The van der Waals surface area contributed by atoms with Gasteiger partial charge in [0.1, 0.15) is 5.56 Å². The first-order valence-electron chi connectivity index (χ1n) is 14.6. The molecule has 2 aliphatic carbocycles. The SMILES string of the molecule is CONC(=O)c1cn(-c2ccc3c(c2)CCC3)c2nc(NC3=CC=CC(C(=O)NCCN4CCOCC4)C3)ncc2c1=O. The Bertz CT molecular complexity index is 1660. The third kappa shape index (κ3) is 6.36. The fraction of sp³-hybridized carbons (Fsp3) is 0.387. The minimum Gasteiger partial charge on any atom is -0.379 e. The number of benzene rings is 1. The maximum Gasteiger partial charge on any atom is 0.280 e. The Morgan fingerprint density at radius 1 is 1.16 bits per heavy atom. The van der Waals surface area contributed by atoms with Gasteiger partial charge in [-0.05, 0) is 48.6 Å². The number of aromatic nitrogens is 3. The van der Waals surface area contributed by atoms with Gasteiger partial charge in [-0.15, -0.1) is 0 Å². The Morgan fingerprint density at radius 3 is 2.84 bits per heavy atom. The normalized spacial score (nSPS) is 18.3. The molecule has 1 aromatic carbocycles. The van der Waals surface area contributed by atoms with Gasteiger partial charge in [0, 0.05) is 56.4 Å². The lowest BCUT2D eigenvalue weighted by Crippen LogP contribution is -2.42. The number of nitrogens with one attached hydrogen (secondary N) is 3. The number of carbonyl (C=O) groups excluding carboxylic acids is 2. The van der Waals surface area contributed by atoms with Crippen LogP contribution in [0.4, 0.5) is 5.95 Å². The maximum atomic E-state index is 13.3. The van der Waals surface area contributed by atoms with Crippen LogP contribution in [0.25, 0.3) is 16.7 Å². The molecule has 12 heteroatoms. The lowest BCUT2D eigenvalue weighted by molar-refractivity contribution is -0.123. The summed E-state index contributed by atoms with van der Waals surface area (Å²) < 4.78 is 7.12. The van der Waals surface area contributed by atoms with E-state index in [4.69, 9.17) is 14.6 Å². The highest BCUT2D eigenvalue weighted by atomic mass is 16.6. The zero-order chi connectivity index (χ0) is 29.8. The lowest BCUT2D eigenvalue weighted by Gasteiger charge is -2.27. The van der Waals surface area contributed by atoms with Crippen molar-refractivity contribution < 1.29 is 19.2 Å². The lowest BCUT2D eigenvalue weighted by atomic mass is 9.97. The molecule has 3 aromatic rings. The number of amides is 2. The number of anilines is 1. The zero-order valence-electron chi connectivity index (χ0n) is 24.1. The average molecular weight is 586 g/mol. The number of carbonyl (C=O) groups is 2. The van der Waals surface area contributed by atoms with Crippen molar-refractivity contribution in [2.24, 2.45) is 5.92 Å². The first-order valence-corrected chi connectivity index (χ1v) is 14.6. The van der Waals surface area contributed by atoms with Crippen molar-refractivity contribution in [2.45, 2.75) is 25.7 Å². The van der Waals surface area contributed by atoms with Crippen LogP contribution in [-0.2, 0) is 27.2 Å². The molecular formula is C31H35N7O5. The molecule has 2 amide bonds. The highest BCUT2D eigenvalue weighted by Gasteiger charge is 2.22. The first-order chi connectivity index (χ1) is 21.0. The molecule has 3 N–H and O–H groups in total. The van der Waals surface area contributed by atoms with E-state index in [9.17, 15) is 14.4 Å². The van der Waals surface area contributed by atoms with Crippen LogP contribution in [0.5, 0.6) is 0 Å². The molecular weight excluding hydrogens is 550 g/mol. The van der Waals surface area contributed by atoms with Crippen molar-refractivity contribution in [3.63, 3.8) is 0 Å². The van der Waals surface area contributed by atoms with E-state index in [1.54, 1.807) is 4.57 Å². The minimum absolute atomic E-state index is 0.0383. The maximum absolute atomic E-state index is 13.3. The molecule has 224 valence electrons. The summed E-state index contributed by atoms with van der Waals surface area (Å²) in [6, 6.07) is 6.14. The Kier molecular flexibility index (Phi) is 8.59. The summed E-state index contributed by atoms with van der Waals surface area (Å²) >= 11 is 0. The molecule has 1 atom stereocenters. The van der Waals surface area contributed by atoms with Crippen molar-refractivity contribution in [2.75, 3.05) is 51.8 Å². The molecule has 1 saturated heterocycles. The summed E-state index contributed by atoms with van der Waals surface area (Å²) in [7, 11) is 1.31. The predicted molar refractivity (Wildman–Crippen MR) is 161 cm³/mol. The van der Waals surface area contributed by atoms with Crippen LogP contribution in [0.3, 0.4) is 0 Å². The zero-order valence-corrected chi connectivity index (χ0v) is 24.1. The third-order valence-electron chi connectivity index (χ3n) is 8.06. The topological polar surface area (TPSA) is 140 Å². The Hall–Kier alpha value is -4.39. The Morgan fingerprint density at radius 2 is 2.00 bits per heavy atom. The summed E-state index contributed by atoms with van der Waals surface area (Å²) in [6.45, 7) is 4.58. The number of fused-ring (bicyclic) bond motifs is 2. The average Bonchev–Trinajstić information content (AvgIpc) is 3.50. The predicted octanol–water partition coefficient (Wildman–Crippen LogP) is 1.88. The van der Waals surface area contributed by atoms with Crippen molar-refractivity contribution in [3.05, 3.63) is 81.4 Å². The highest BCUT2D eigenvalue weighted by molar-refractivity contribution is 5.96. The van der Waals surface area contributed by atoms with Gasteiger partial charge in [0.2, 0.25) is 17.3 Å². The summed E-state index contributed by atoms with van der Waals surface area (Å²) in [5.74, 6) is -0.739. The van der Waals surface area contributed by atoms with E-state index in [1.807, 2.05) is 24.3 Å². The molecule has 0 spiro atoms. The molecule has 3 aliphatic rings. The molecule has 1 unspecified atom stereocenters. The van der Waals surface area contributed by atoms with E-state index >= 15 is 0 Å². The number of hydroxylamine groups is 1. The summed E-state index contributed by atoms with van der Waals surface area (Å²) in [5.41, 5.74) is 6.13. The first kappa shape index (κ1) is 28.7. The molecule has 0 saturated carbocycles. The number of allylic oxidation sites excluding steroid dienone is 3. The van der Waals surface area contributed by atoms with E-state index in [0.29, 0.717) is 18.6 Å². The molecule has 1 fully saturated rings. The van der Waals surface area contributed by atoms with Gasteiger partial charge in [-0.1, -0.05) is 18.2 Å². The minimum atomic E-state index is -0.653. The van der Waals surface area contributed by atoms with E-state index in [-0.39, 0.29) is 28.7 Å². The number of hydrogen-bond donors (Lipinski definition) is 3. The quantitative estimate of drug-likeness (QED) is 0.321. The van der Waals surface area contributed by atoms with Gasteiger partial charge in [0.25, 0.3) is 5.91 Å². The van der Waals surface area contributed by atoms with Gasteiger partial charge >= 0.3 is 0 Å². The van der Waals surface area contributed by atoms with Crippen molar-refractivity contribution in [1.29, 1.82) is 0 Å². The largest absolute Gasteiger partial charge is 0.379 e. The fourth-order valence-electron chi connectivity index (χ4n) is 5.77.